The molecule has 0 aliphatic rings. The molecule has 0 atom stereocenters. The molecular weight excluding hydrogens is 430 g/mol. The Bertz CT molecular complexity index is 1210. The number of carbonyl (C=O) groups is 2. The van der Waals surface area contributed by atoms with Crippen molar-refractivity contribution in [1.82, 2.24) is 5.32 Å². The van der Waals surface area contributed by atoms with Gasteiger partial charge in [0.15, 0.2) is 0 Å². The van der Waals surface area contributed by atoms with Gasteiger partial charge in [0.2, 0.25) is 5.91 Å². The van der Waals surface area contributed by atoms with Gasteiger partial charge < -0.3 is 15.4 Å². The topological polar surface area (TPSA) is 114 Å². The average Bonchev–Trinajstić information content (AvgIpc) is 2.80. The Morgan fingerprint density at radius 2 is 1.56 bits per heavy atom. The molecule has 3 aromatic rings. The van der Waals surface area contributed by atoms with Crippen LogP contribution in [-0.4, -0.2) is 34.4 Å². The van der Waals surface area contributed by atoms with Gasteiger partial charge in [-0.05, 0) is 54.1 Å². The fourth-order valence-electron chi connectivity index (χ4n) is 2.90. The minimum atomic E-state index is -3.86. The SMILES string of the molecule is CNC(=O)Cc1ccc(NC(=O)c2ccc(S(=O)(=O)Nc3ccccc3OC)cc2)cc1. The van der Waals surface area contributed by atoms with E-state index in [0.29, 0.717) is 22.7 Å². The lowest BCUT2D eigenvalue weighted by Crippen LogP contribution is -2.19. The summed E-state index contributed by atoms with van der Waals surface area (Å²) in [6.45, 7) is 0. The third kappa shape index (κ3) is 5.64. The quantitative estimate of drug-likeness (QED) is 0.485. The number of likely N-dealkylation sites (N-methyl/N-ethyl adjacent to an activating group) is 1. The number of hydrogen-bond acceptors (Lipinski definition) is 5. The first kappa shape index (κ1) is 22.8. The van der Waals surface area contributed by atoms with Crippen LogP contribution in [0, 0.1) is 0 Å². The van der Waals surface area contributed by atoms with E-state index in [1.54, 1.807) is 55.6 Å². The molecule has 0 bridgehead atoms. The Balaban J connectivity index is 1.68. The number of ether oxygens (including phenoxy) is 1. The number of nitrogens with one attached hydrogen (secondary N) is 3. The lowest BCUT2D eigenvalue weighted by molar-refractivity contribution is -0.119. The van der Waals surface area contributed by atoms with E-state index < -0.39 is 10.0 Å². The normalized spacial score (nSPS) is 10.8. The van der Waals surface area contributed by atoms with Gasteiger partial charge in [-0.2, -0.15) is 0 Å². The van der Waals surface area contributed by atoms with Gasteiger partial charge in [-0.1, -0.05) is 24.3 Å². The fraction of sp³-hybridized carbons (Fsp3) is 0.130. The summed E-state index contributed by atoms with van der Waals surface area (Å²) in [5.41, 5.74) is 2.00. The van der Waals surface area contributed by atoms with Crippen molar-refractivity contribution in [3.8, 4) is 5.75 Å². The lowest BCUT2D eigenvalue weighted by atomic mass is 10.1. The number of carbonyl (C=O) groups excluding carboxylic acids is 2. The Morgan fingerprint density at radius 1 is 0.906 bits per heavy atom. The predicted octanol–water partition coefficient (Wildman–Crippen LogP) is 3.04. The van der Waals surface area contributed by atoms with Gasteiger partial charge >= 0.3 is 0 Å². The molecule has 166 valence electrons. The summed E-state index contributed by atoms with van der Waals surface area (Å²) >= 11 is 0. The summed E-state index contributed by atoms with van der Waals surface area (Å²) in [6.07, 6.45) is 0.254. The van der Waals surface area contributed by atoms with E-state index in [1.807, 2.05) is 0 Å². The third-order valence-electron chi connectivity index (χ3n) is 4.63. The maximum Gasteiger partial charge on any atom is 0.262 e. The van der Waals surface area contributed by atoms with Crippen molar-refractivity contribution in [3.05, 3.63) is 83.9 Å². The van der Waals surface area contributed by atoms with E-state index in [-0.39, 0.29) is 23.1 Å². The van der Waals surface area contributed by atoms with Crippen LogP contribution in [0.2, 0.25) is 0 Å². The van der Waals surface area contributed by atoms with Crippen LogP contribution in [0.4, 0.5) is 11.4 Å². The van der Waals surface area contributed by atoms with E-state index in [2.05, 4.69) is 15.4 Å². The predicted molar refractivity (Wildman–Crippen MR) is 122 cm³/mol. The molecule has 32 heavy (non-hydrogen) atoms. The molecule has 0 saturated carbocycles. The second-order valence-corrected chi connectivity index (χ2v) is 8.51. The van der Waals surface area contributed by atoms with Gasteiger partial charge in [0, 0.05) is 18.3 Å². The average molecular weight is 454 g/mol. The molecule has 0 aliphatic heterocycles. The minimum Gasteiger partial charge on any atom is -0.495 e. The van der Waals surface area contributed by atoms with Gasteiger partial charge in [-0.3, -0.25) is 14.3 Å². The van der Waals surface area contributed by atoms with E-state index >= 15 is 0 Å². The smallest absolute Gasteiger partial charge is 0.262 e. The molecule has 0 aliphatic carbocycles. The van der Waals surface area contributed by atoms with Crippen molar-refractivity contribution >= 4 is 33.2 Å². The Labute approximate surface area is 186 Å². The maximum absolute atomic E-state index is 12.7. The zero-order valence-electron chi connectivity index (χ0n) is 17.6. The van der Waals surface area contributed by atoms with Crippen molar-refractivity contribution < 1.29 is 22.7 Å². The van der Waals surface area contributed by atoms with E-state index in [9.17, 15) is 18.0 Å². The number of amides is 2. The lowest BCUT2D eigenvalue weighted by Gasteiger charge is -2.12. The van der Waals surface area contributed by atoms with Crippen molar-refractivity contribution in [2.45, 2.75) is 11.3 Å². The molecule has 0 heterocycles. The van der Waals surface area contributed by atoms with Gasteiger partial charge in [-0.15, -0.1) is 0 Å². The number of sulfonamides is 1. The summed E-state index contributed by atoms with van der Waals surface area (Å²) in [4.78, 5) is 23.9. The van der Waals surface area contributed by atoms with Crippen molar-refractivity contribution in [2.24, 2.45) is 0 Å². The number of rotatable bonds is 8. The zero-order chi connectivity index (χ0) is 23.1. The summed E-state index contributed by atoms with van der Waals surface area (Å²) in [6, 6.07) is 19.2. The molecule has 0 fully saturated rings. The summed E-state index contributed by atoms with van der Waals surface area (Å²) in [5, 5.41) is 5.30. The molecule has 9 heteroatoms. The highest BCUT2D eigenvalue weighted by molar-refractivity contribution is 7.92. The van der Waals surface area contributed by atoms with E-state index in [1.165, 1.54) is 31.4 Å². The van der Waals surface area contributed by atoms with Crippen LogP contribution in [0.3, 0.4) is 0 Å². The summed E-state index contributed by atoms with van der Waals surface area (Å²) in [5.74, 6) is -0.0869. The van der Waals surface area contributed by atoms with Gasteiger partial charge in [-0.25, -0.2) is 8.42 Å². The third-order valence-corrected chi connectivity index (χ3v) is 6.01. The molecule has 0 radical (unpaired) electrons. The van der Waals surface area contributed by atoms with Crippen molar-refractivity contribution in [3.63, 3.8) is 0 Å². The maximum atomic E-state index is 12.7. The highest BCUT2D eigenvalue weighted by Gasteiger charge is 2.17. The van der Waals surface area contributed by atoms with Crippen LogP contribution in [0.15, 0.2) is 77.7 Å². The summed E-state index contributed by atoms with van der Waals surface area (Å²) in [7, 11) is -0.833. The Hall–Kier alpha value is -3.85. The molecule has 0 spiro atoms. The van der Waals surface area contributed by atoms with Crippen LogP contribution in [0.25, 0.3) is 0 Å². The standard InChI is InChI=1S/C23H23N3O5S/c1-24-22(27)15-16-7-11-18(12-8-16)25-23(28)17-9-13-19(14-10-17)32(29,30)26-20-5-3-4-6-21(20)31-2/h3-14,26H,15H2,1-2H3,(H,24,27)(H,25,28). The van der Waals surface area contributed by atoms with Gasteiger partial charge in [0.25, 0.3) is 15.9 Å². The molecule has 8 nitrogen and oxygen atoms in total. The van der Waals surface area contributed by atoms with Crippen molar-refractivity contribution in [2.75, 3.05) is 24.2 Å². The summed E-state index contributed by atoms with van der Waals surface area (Å²) < 4.78 is 33.0. The van der Waals surface area contributed by atoms with E-state index in [4.69, 9.17) is 4.74 Å². The van der Waals surface area contributed by atoms with Crippen LogP contribution in [-0.2, 0) is 21.2 Å². The van der Waals surface area contributed by atoms with Crippen LogP contribution in [0.1, 0.15) is 15.9 Å². The van der Waals surface area contributed by atoms with Gasteiger partial charge in [0.05, 0.1) is 24.1 Å². The zero-order valence-corrected chi connectivity index (χ0v) is 18.4. The first-order chi connectivity index (χ1) is 15.3. The fourth-order valence-corrected chi connectivity index (χ4v) is 3.97. The first-order valence-corrected chi connectivity index (χ1v) is 11.2. The molecule has 0 aromatic heterocycles. The molecule has 3 aromatic carbocycles. The number of anilines is 2. The van der Waals surface area contributed by atoms with Gasteiger partial charge in [0.1, 0.15) is 5.75 Å². The highest BCUT2D eigenvalue weighted by Crippen LogP contribution is 2.26. The largest absolute Gasteiger partial charge is 0.495 e. The second kappa shape index (κ2) is 9.97. The monoisotopic (exact) mass is 453 g/mol. The first-order valence-electron chi connectivity index (χ1n) is 9.69. The number of benzene rings is 3. The Morgan fingerprint density at radius 3 is 2.19 bits per heavy atom. The van der Waals surface area contributed by atoms with Crippen LogP contribution in [0.5, 0.6) is 5.75 Å². The molecule has 3 rings (SSSR count). The molecule has 0 saturated heterocycles. The minimum absolute atomic E-state index is 0.0125. The molecule has 3 N–H and O–H groups in total. The van der Waals surface area contributed by atoms with Crippen LogP contribution < -0.4 is 20.1 Å². The molecule has 0 unspecified atom stereocenters. The van der Waals surface area contributed by atoms with Crippen LogP contribution >= 0.6 is 0 Å². The second-order valence-electron chi connectivity index (χ2n) is 6.83. The number of para-hydroxylation sites is 2. The molecule has 2 amide bonds. The molecular formula is C23H23N3O5S. The number of hydrogen-bond donors (Lipinski definition) is 3. The highest BCUT2D eigenvalue weighted by atomic mass is 32.2. The van der Waals surface area contributed by atoms with Crippen molar-refractivity contribution in [1.29, 1.82) is 0 Å². The van der Waals surface area contributed by atoms with E-state index in [0.717, 1.165) is 5.56 Å². The number of methoxy groups -OCH3 is 1. The Kier molecular flexibility index (Phi) is 7.11.